The standard InChI is InChI=1S/C14H28N2O/c1-3-7-15-12-10-13-5-6-14(11-12)16(13)8-4-9-17-2/h12-15H,3-11H2,1-2H3. The molecule has 2 saturated heterocycles. The molecule has 2 heterocycles. The first-order chi connectivity index (χ1) is 8.35. The van der Waals surface area contributed by atoms with Crippen LogP contribution in [0.15, 0.2) is 0 Å². The summed E-state index contributed by atoms with van der Waals surface area (Å²) >= 11 is 0. The molecule has 0 spiro atoms. The molecule has 2 aliphatic rings. The minimum Gasteiger partial charge on any atom is -0.385 e. The molecule has 0 radical (unpaired) electrons. The predicted octanol–water partition coefficient (Wildman–Crippen LogP) is 2.02. The van der Waals surface area contributed by atoms with Gasteiger partial charge in [-0.1, -0.05) is 6.92 Å². The van der Waals surface area contributed by atoms with Crippen LogP contribution >= 0.6 is 0 Å². The molecular weight excluding hydrogens is 212 g/mol. The Hall–Kier alpha value is -0.120. The van der Waals surface area contributed by atoms with E-state index in [1.165, 1.54) is 51.6 Å². The summed E-state index contributed by atoms with van der Waals surface area (Å²) in [6.07, 6.45) is 8.01. The lowest BCUT2D eigenvalue weighted by Gasteiger charge is -2.39. The number of hydrogen-bond acceptors (Lipinski definition) is 3. The maximum Gasteiger partial charge on any atom is 0.0474 e. The first kappa shape index (κ1) is 13.3. The maximum absolute atomic E-state index is 5.16. The zero-order valence-corrected chi connectivity index (χ0v) is 11.5. The lowest BCUT2D eigenvalue weighted by molar-refractivity contribution is 0.0999. The van der Waals surface area contributed by atoms with Crippen LogP contribution in [0.1, 0.15) is 45.4 Å². The van der Waals surface area contributed by atoms with E-state index in [0.29, 0.717) is 0 Å². The SMILES string of the molecule is CCCNC1CC2CCC(C1)N2CCCOC. The molecule has 2 fully saturated rings. The molecule has 3 heteroatoms. The highest BCUT2D eigenvalue weighted by molar-refractivity contribution is 4.97. The van der Waals surface area contributed by atoms with Gasteiger partial charge in [0.05, 0.1) is 0 Å². The van der Waals surface area contributed by atoms with Crippen molar-refractivity contribution in [1.29, 1.82) is 0 Å². The molecule has 17 heavy (non-hydrogen) atoms. The quantitative estimate of drug-likeness (QED) is 0.689. The predicted molar refractivity (Wildman–Crippen MR) is 71.3 cm³/mol. The Morgan fingerprint density at radius 3 is 2.53 bits per heavy atom. The molecule has 2 atom stereocenters. The largest absolute Gasteiger partial charge is 0.385 e. The Balaban J connectivity index is 1.76. The molecule has 0 aromatic heterocycles. The van der Waals surface area contributed by atoms with Crippen molar-refractivity contribution in [1.82, 2.24) is 10.2 Å². The average Bonchev–Trinajstić information content (AvgIpc) is 2.59. The van der Waals surface area contributed by atoms with Crippen LogP contribution in [0.3, 0.4) is 0 Å². The molecule has 0 aromatic carbocycles. The molecule has 0 saturated carbocycles. The van der Waals surface area contributed by atoms with Gasteiger partial charge in [-0.05, 0) is 45.1 Å². The lowest BCUT2D eigenvalue weighted by atomic mass is 9.97. The van der Waals surface area contributed by atoms with Crippen molar-refractivity contribution in [2.75, 3.05) is 26.8 Å². The third-order valence-electron chi connectivity index (χ3n) is 4.33. The number of hydrogen-bond donors (Lipinski definition) is 1. The van der Waals surface area contributed by atoms with Crippen LogP contribution < -0.4 is 5.32 Å². The number of ether oxygens (including phenoxy) is 1. The second-order valence-electron chi connectivity index (χ2n) is 5.59. The number of piperidine rings is 1. The van der Waals surface area contributed by atoms with Gasteiger partial charge in [-0.15, -0.1) is 0 Å². The summed E-state index contributed by atoms with van der Waals surface area (Å²) in [5, 5.41) is 3.71. The fraction of sp³-hybridized carbons (Fsp3) is 1.00. The number of methoxy groups -OCH3 is 1. The smallest absolute Gasteiger partial charge is 0.0474 e. The van der Waals surface area contributed by atoms with Crippen molar-refractivity contribution in [2.45, 2.75) is 63.6 Å². The second-order valence-corrected chi connectivity index (χ2v) is 5.59. The number of rotatable bonds is 7. The van der Waals surface area contributed by atoms with E-state index in [9.17, 15) is 0 Å². The third kappa shape index (κ3) is 3.43. The zero-order chi connectivity index (χ0) is 12.1. The molecule has 0 aliphatic carbocycles. The minimum atomic E-state index is 0.783. The van der Waals surface area contributed by atoms with Crippen molar-refractivity contribution in [3.8, 4) is 0 Å². The Bertz CT molecular complexity index is 208. The maximum atomic E-state index is 5.16. The van der Waals surface area contributed by atoms with Gasteiger partial charge in [0.2, 0.25) is 0 Å². The van der Waals surface area contributed by atoms with Gasteiger partial charge in [-0.2, -0.15) is 0 Å². The van der Waals surface area contributed by atoms with E-state index in [4.69, 9.17) is 4.74 Å². The van der Waals surface area contributed by atoms with Gasteiger partial charge in [0.25, 0.3) is 0 Å². The van der Waals surface area contributed by atoms with Gasteiger partial charge in [-0.3, -0.25) is 4.90 Å². The van der Waals surface area contributed by atoms with Gasteiger partial charge < -0.3 is 10.1 Å². The molecule has 1 N–H and O–H groups in total. The molecule has 0 amide bonds. The van der Waals surface area contributed by atoms with Crippen LogP contribution in [0, 0.1) is 0 Å². The molecule has 3 nitrogen and oxygen atoms in total. The molecule has 0 aromatic rings. The van der Waals surface area contributed by atoms with Crippen LogP contribution in [0.2, 0.25) is 0 Å². The normalized spacial score (nSPS) is 33.2. The van der Waals surface area contributed by atoms with E-state index < -0.39 is 0 Å². The number of nitrogens with one attached hydrogen (secondary N) is 1. The number of fused-ring (bicyclic) bond motifs is 2. The van der Waals surface area contributed by atoms with Gasteiger partial charge in [0.15, 0.2) is 0 Å². The van der Waals surface area contributed by atoms with Gasteiger partial charge >= 0.3 is 0 Å². The van der Waals surface area contributed by atoms with E-state index in [2.05, 4.69) is 17.1 Å². The van der Waals surface area contributed by atoms with E-state index in [-0.39, 0.29) is 0 Å². The number of nitrogens with zero attached hydrogens (tertiary/aromatic N) is 1. The van der Waals surface area contributed by atoms with Crippen LogP contribution in [-0.2, 0) is 4.74 Å². The van der Waals surface area contributed by atoms with Gasteiger partial charge in [-0.25, -0.2) is 0 Å². The summed E-state index contributed by atoms with van der Waals surface area (Å²) in [5.74, 6) is 0. The van der Waals surface area contributed by atoms with Crippen molar-refractivity contribution in [3.63, 3.8) is 0 Å². The van der Waals surface area contributed by atoms with Crippen molar-refractivity contribution in [2.24, 2.45) is 0 Å². The van der Waals surface area contributed by atoms with E-state index in [1.54, 1.807) is 7.11 Å². The molecule has 100 valence electrons. The van der Waals surface area contributed by atoms with E-state index in [0.717, 1.165) is 24.7 Å². The van der Waals surface area contributed by atoms with Crippen molar-refractivity contribution in [3.05, 3.63) is 0 Å². The van der Waals surface area contributed by atoms with E-state index in [1.807, 2.05) is 0 Å². The summed E-state index contributed by atoms with van der Waals surface area (Å²) in [6.45, 7) is 5.59. The molecule has 2 aliphatic heterocycles. The average molecular weight is 240 g/mol. The Labute approximate surface area is 106 Å². The molecule has 2 bridgehead atoms. The van der Waals surface area contributed by atoms with Crippen molar-refractivity contribution >= 4 is 0 Å². The first-order valence-electron chi connectivity index (χ1n) is 7.33. The van der Waals surface area contributed by atoms with Crippen LogP contribution in [0.5, 0.6) is 0 Å². The van der Waals surface area contributed by atoms with Crippen LogP contribution in [0.25, 0.3) is 0 Å². The first-order valence-corrected chi connectivity index (χ1v) is 7.33. The molecular formula is C14H28N2O. The summed E-state index contributed by atoms with van der Waals surface area (Å²) < 4.78 is 5.16. The van der Waals surface area contributed by atoms with E-state index >= 15 is 0 Å². The summed E-state index contributed by atoms with van der Waals surface area (Å²) in [5.41, 5.74) is 0. The highest BCUT2D eigenvalue weighted by Crippen LogP contribution is 2.35. The van der Waals surface area contributed by atoms with Crippen LogP contribution in [-0.4, -0.2) is 49.8 Å². The topological polar surface area (TPSA) is 24.5 Å². The molecule has 2 rings (SSSR count). The summed E-state index contributed by atoms with van der Waals surface area (Å²) in [4.78, 5) is 2.75. The summed E-state index contributed by atoms with van der Waals surface area (Å²) in [7, 11) is 1.80. The lowest BCUT2D eigenvalue weighted by Crippen LogP contribution is -2.49. The second kappa shape index (κ2) is 6.72. The van der Waals surface area contributed by atoms with Crippen LogP contribution in [0.4, 0.5) is 0 Å². The summed E-state index contributed by atoms with van der Waals surface area (Å²) in [6, 6.07) is 2.48. The highest BCUT2D eigenvalue weighted by atomic mass is 16.5. The Morgan fingerprint density at radius 2 is 1.94 bits per heavy atom. The minimum absolute atomic E-state index is 0.783. The zero-order valence-electron chi connectivity index (χ0n) is 11.5. The fourth-order valence-electron chi connectivity index (χ4n) is 3.55. The third-order valence-corrected chi connectivity index (χ3v) is 4.33. The van der Waals surface area contributed by atoms with Gasteiger partial charge in [0.1, 0.15) is 0 Å². The highest BCUT2D eigenvalue weighted by Gasteiger charge is 2.39. The van der Waals surface area contributed by atoms with Crippen molar-refractivity contribution < 1.29 is 4.74 Å². The van der Waals surface area contributed by atoms with Gasteiger partial charge in [0, 0.05) is 38.4 Å². The Kier molecular flexibility index (Phi) is 5.26. The monoisotopic (exact) mass is 240 g/mol. The fourth-order valence-corrected chi connectivity index (χ4v) is 3.55. The molecule has 2 unspecified atom stereocenters. The Morgan fingerprint density at radius 1 is 1.24 bits per heavy atom.